The Balaban J connectivity index is 2.03. The monoisotopic (exact) mass is 631 g/mol. The quantitative estimate of drug-likeness (QED) is 0.182. The van der Waals surface area contributed by atoms with E-state index in [4.69, 9.17) is 15.2 Å². The van der Waals surface area contributed by atoms with Gasteiger partial charge in [0, 0.05) is 11.1 Å². The SMILES string of the molecule is COC(=O)C1=C(C(=O)OC)N(c2c(O)c(S(=O)(=O)O)c(O)c3c2C(=O)c2ccccc2C3=O)C(N)=C(C#N)C1c1ccccc1. The lowest BCUT2D eigenvalue weighted by molar-refractivity contribution is -0.139. The number of hydrogen-bond acceptors (Lipinski definition) is 13. The summed E-state index contributed by atoms with van der Waals surface area (Å²) in [7, 11) is -3.69. The van der Waals surface area contributed by atoms with E-state index in [2.05, 4.69) is 0 Å². The topological polar surface area (TPSA) is 235 Å². The lowest BCUT2D eigenvalue weighted by atomic mass is 9.79. The zero-order valence-electron chi connectivity index (χ0n) is 23.3. The molecule has 0 radical (unpaired) electrons. The third kappa shape index (κ3) is 4.47. The molecule has 228 valence electrons. The molecule has 1 heterocycles. The van der Waals surface area contributed by atoms with Crippen molar-refractivity contribution in [1.82, 2.24) is 0 Å². The van der Waals surface area contributed by atoms with E-state index in [9.17, 15) is 47.6 Å². The summed E-state index contributed by atoms with van der Waals surface area (Å²) in [5, 5.41) is 32.7. The minimum Gasteiger partial charge on any atom is -0.506 e. The lowest BCUT2D eigenvalue weighted by Crippen LogP contribution is -2.42. The molecule has 1 aliphatic heterocycles. The van der Waals surface area contributed by atoms with Crippen LogP contribution in [0.4, 0.5) is 5.69 Å². The van der Waals surface area contributed by atoms with Gasteiger partial charge in [-0.2, -0.15) is 13.7 Å². The number of rotatable bonds is 5. The molecule has 1 aliphatic carbocycles. The molecule has 2 aliphatic rings. The van der Waals surface area contributed by atoms with Crippen molar-refractivity contribution in [2.75, 3.05) is 19.1 Å². The summed E-state index contributed by atoms with van der Waals surface area (Å²) < 4.78 is 44.9. The molecule has 45 heavy (non-hydrogen) atoms. The first-order valence-corrected chi connectivity index (χ1v) is 14.2. The Bertz CT molecular complexity index is 2080. The Morgan fingerprint density at radius 1 is 0.889 bits per heavy atom. The number of fused-ring (bicyclic) bond motifs is 2. The van der Waals surface area contributed by atoms with Crippen LogP contribution in [-0.2, 0) is 29.2 Å². The van der Waals surface area contributed by atoms with E-state index in [1.165, 1.54) is 36.4 Å². The molecule has 3 aromatic carbocycles. The van der Waals surface area contributed by atoms with Crippen LogP contribution in [0.2, 0.25) is 0 Å². The number of allylic oxidation sites excluding steroid dienone is 1. The van der Waals surface area contributed by atoms with Gasteiger partial charge in [0.25, 0.3) is 0 Å². The maximum absolute atomic E-state index is 14.0. The molecule has 5 rings (SSSR count). The van der Waals surface area contributed by atoms with E-state index in [0.717, 1.165) is 14.2 Å². The van der Waals surface area contributed by atoms with Crippen LogP contribution in [0.15, 0.2) is 82.2 Å². The van der Waals surface area contributed by atoms with Crippen molar-refractivity contribution in [3.8, 4) is 17.6 Å². The highest BCUT2D eigenvalue weighted by Gasteiger charge is 2.48. The second kappa shape index (κ2) is 10.9. The number of anilines is 1. The fourth-order valence-electron chi connectivity index (χ4n) is 5.49. The average Bonchev–Trinajstić information content (AvgIpc) is 3.02. The van der Waals surface area contributed by atoms with Gasteiger partial charge in [0.2, 0.25) is 0 Å². The smallest absolute Gasteiger partial charge is 0.355 e. The van der Waals surface area contributed by atoms with Gasteiger partial charge in [0.05, 0.1) is 48.5 Å². The number of aromatic hydroxyl groups is 2. The second-order valence-electron chi connectivity index (χ2n) is 9.64. The first-order chi connectivity index (χ1) is 21.3. The van der Waals surface area contributed by atoms with Crippen LogP contribution in [-0.4, -0.2) is 60.9 Å². The molecule has 1 atom stereocenters. The van der Waals surface area contributed by atoms with Crippen LogP contribution in [0.5, 0.6) is 11.5 Å². The summed E-state index contributed by atoms with van der Waals surface area (Å²) in [6.45, 7) is 0. The van der Waals surface area contributed by atoms with E-state index < -0.39 is 95.4 Å². The van der Waals surface area contributed by atoms with Crippen molar-refractivity contribution in [2.45, 2.75) is 10.8 Å². The number of benzene rings is 3. The fourth-order valence-corrected chi connectivity index (χ4v) is 6.17. The van der Waals surface area contributed by atoms with Gasteiger partial charge >= 0.3 is 22.1 Å². The summed E-state index contributed by atoms with van der Waals surface area (Å²) in [6.07, 6.45) is 0. The molecule has 0 spiro atoms. The maximum atomic E-state index is 14.0. The van der Waals surface area contributed by atoms with E-state index in [0.29, 0.717) is 4.90 Å². The number of nitrogens with two attached hydrogens (primary N) is 1. The van der Waals surface area contributed by atoms with Crippen LogP contribution in [0.1, 0.15) is 43.3 Å². The molecule has 0 amide bonds. The molecule has 14 nitrogen and oxygen atoms in total. The highest BCUT2D eigenvalue weighted by atomic mass is 32.2. The number of carbonyl (C=O) groups excluding carboxylic acids is 4. The van der Waals surface area contributed by atoms with Gasteiger partial charge in [-0.15, -0.1) is 0 Å². The molecular weight excluding hydrogens is 610 g/mol. The highest BCUT2D eigenvalue weighted by Crippen LogP contribution is 2.53. The zero-order chi connectivity index (χ0) is 33.0. The number of ether oxygens (including phenoxy) is 2. The number of hydrogen-bond donors (Lipinski definition) is 4. The molecular formula is C30H21N3O11S. The van der Waals surface area contributed by atoms with Crippen molar-refractivity contribution in [1.29, 1.82) is 5.26 Å². The minimum absolute atomic E-state index is 0.242. The Kier molecular flexibility index (Phi) is 7.41. The first-order valence-electron chi connectivity index (χ1n) is 12.7. The number of nitrogens with zero attached hydrogens (tertiary/aromatic N) is 2. The Morgan fingerprint density at radius 2 is 1.42 bits per heavy atom. The van der Waals surface area contributed by atoms with Crippen LogP contribution < -0.4 is 10.6 Å². The standard InChI is InChI=1S/C30H21N3O11S/c1-43-29(38)19-17(13-8-4-3-5-9-13)16(12-31)28(32)33(22(19)30(39)44-2)21-18-20(25(36)27(26(21)37)45(40,41)42)24(35)15-11-7-6-10-14(15)23(18)34/h3-11,17,36-37H,32H2,1-2H3,(H,40,41,42). The molecule has 0 saturated heterocycles. The van der Waals surface area contributed by atoms with Gasteiger partial charge in [-0.25, -0.2) is 9.59 Å². The third-order valence-electron chi connectivity index (χ3n) is 7.34. The van der Waals surface area contributed by atoms with E-state index in [-0.39, 0.29) is 16.7 Å². The minimum atomic E-state index is -5.58. The van der Waals surface area contributed by atoms with Gasteiger partial charge in [0.15, 0.2) is 28.0 Å². The van der Waals surface area contributed by atoms with Crippen LogP contribution >= 0.6 is 0 Å². The molecule has 0 bridgehead atoms. The Labute approximate surface area is 254 Å². The van der Waals surface area contributed by atoms with Crippen molar-refractivity contribution in [3.63, 3.8) is 0 Å². The van der Waals surface area contributed by atoms with E-state index in [1.807, 2.05) is 6.07 Å². The van der Waals surface area contributed by atoms with Crippen LogP contribution in [0, 0.1) is 11.3 Å². The molecule has 3 aromatic rings. The molecule has 0 aromatic heterocycles. The Morgan fingerprint density at radius 3 is 1.93 bits per heavy atom. The highest BCUT2D eigenvalue weighted by molar-refractivity contribution is 7.86. The second-order valence-corrected chi connectivity index (χ2v) is 11.0. The normalized spacial score (nSPS) is 16.1. The number of carbonyl (C=O) groups is 4. The van der Waals surface area contributed by atoms with Crippen molar-refractivity contribution < 1.29 is 51.8 Å². The van der Waals surface area contributed by atoms with Crippen molar-refractivity contribution in [2.24, 2.45) is 5.73 Å². The number of nitriles is 1. The zero-order valence-corrected chi connectivity index (χ0v) is 24.1. The lowest BCUT2D eigenvalue weighted by Gasteiger charge is -2.37. The summed E-state index contributed by atoms with van der Waals surface area (Å²) in [6, 6.07) is 14.9. The number of phenolic OH excluding ortho intramolecular Hbond substituents is 2. The number of methoxy groups -OCH3 is 2. The molecule has 1 unspecified atom stereocenters. The van der Waals surface area contributed by atoms with Crippen molar-refractivity contribution in [3.05, 3.63) is 105 Å². The summed E-state index contributed by atoms with van der Waals surface area (Å²) in [5.74, 6) is -9.78. The van der Waals surface area contributed by atoms with Crippen molar-refractivity contribution >= 4 is 39.3 Å². The number of phenols is 2. The first kappa shape index (κ1) is 30.5. The molecule has 0 fully saturated rings. The van der Waals surface area contributed by atoms with E-state index >= 15 is 0 Å². The van der Waals surface area contributed by atoms with Crippen LogP contribution in [0.3, 0.4) is 0 Å². The van der Waals surface area contributed by atoms with Gasteiger partial charge < -0.3 is 25.4 Å². The number of ketones is 2. The van der Waals surface area contributed by atoms with Gasteiger partial charge in [-0.05, 0) is 5.56 Å². The largest absolute Gasteiger partial charge is 0.506 e. The third-order valence-corrected chi connectivity index (χ3v) is 8.24. The molecule has 15 heteroatoms. The van der Waals surface area contributed by atoms with E-state index in [1.54, 1.807) is 18.2 Å². The fraction of sp³-hybridized carbons (Fsp3) is 0.100. The maximum Gasteiger partial charge on any atom is 0.355 e. The van der Waals surface area contributed by atoms with Gasteiger partial charge in [-0.1, -0.05) is 54.6 Å². The van der Waals surface area contributed by atoms with Crippen LogP contribution in [0.25, 0.3) is 0 Å². The predicted octanol–water partition coefficient (Wildman–Crippen LogP) is 2.02. The summed E-state index contributed by atoms with van der Waals surface area (Å²) in [4.78, 5) is 53.5. The summed E-state index contributed by atoms with van der Waals surface area (Å²) >= 11 is 0. The number of esters is 2. The molecule has 0 saturated carbocycles. The Hall–Kier alpha value is -5.98. The van der Waals surface area contributed by atoms with Gasteiger partial charge in [0.1, 0.15) is 17.2 Å². The predicted molar refractivity (Wildman–Crippen MR) is 152 cm³/mol. The summed E-state index contributed by atoms with van der Waals surface area (Å²) in [5.41, 5.74) is 1.53. The molecule has 5 N–H and O–H groups in total. The van der Waals surface area contributed by atoms with Gasteiger partial charge in [-0.3, -0.25) is 19.0 Å². The average molecular weight is 632 g/mol.